The monoisotopic (exact) mass is 304 g/mol. The summed E-state index contributed by atoms with van der Waals surface area (Å²) in [6.45, 7) is 3.01. The van der Waals surface area contributed by atoms with Crippen molar-refractivity contribution in [1.82, 2.24) is 10.3 Å². The zero-order valence-electron chi connectivity index (χ0n) is 9.32. The van der Waals surface area contributed by atoms with E-state index in [9.17, 15) is 5.11 Å². The van der Waals surface area contributed by atoms with Crippen LogP contribution in [0.15, 0.2) is 9.98 Å². The van der Waals surface area contributed by atoms with Crippen LogP contribution in [0.4, 0.5) is 0 Å². The van der Waals surface area contributed by atoms with Gasteiger partial charge in [0, 0.05) is 6.54 Å². The predicted molar refractivity (Wildman–Crippen MR) is 69.6 cm³/mol. The summed E-state index contributed by atoms with van der Waals surface area (Å²) in [5.74, 6) is 0.422. The molecule has 1 aliphatic rings. The maximum Gasteiger partial charge on any atom is 0.110 e. The molecule has 0 amide bonds. The first-order valence-corrected chi connectivity index (χ1v) is 7.30. The Morgan fingerprint density at radius 3 is 3.06 bits per heavy atom. The van der Waals surface area contributed by atoms with Crippen LogP contribution in [-0.2, 0) is 0 Å². The lowest BCUT2D eigenvalue weighted by Gasteiger charge is -2.18. The van der Waals surface area contributed by atoms with E-state index in [2.05, 4.69) is 33.2 Å². The van der Waals surface area contributed by atoms with Crippen LogP contribution in [0.1, 0.15) is 37.2 Å². The molecule has 3 unspecified atom stereocenters. The van der Waals surface area contributed by atoms with Gasteiger partial charge in [0.15, 0.2) is 0 Å². The second-order valence-electron chi connectivity index (χ2n) is 4.39. The fourth-order valence-corrected chi connectivity index (χ4v) is 3.41. The number of thiazole rings is 1. The topological polar surface area (TPSA) is 45.1 Å². The molecule has 0 radical (unpaired) electrons. The van der Waals surface area contributed by atoms with E-state index in [1.54, 1.807) is 11.3 Å². The lowest BCUT2D eigenvalue weighted by molar-refractivity contribution is 0.130. The van der Waals surface area contributed by atoms with Gasteiger partial charge in [-0.05, 0) is 41.6 Å². The zero-order chi connectivity index (χ0) is 11.5. The summed E-state index contributed by atoms with van der Waals surface area (Å²) < 4.78 is 1.07. The minimum Gasteiger partial charge on any atom is -0.393 e. The minimum atomic E-state index is -0.109. The van der Waals surface area contributed by atoms with E-state index in [1.165, 1.54) is 0 Å². The number of rotatable bonds is 4. The first-order valence-electron chi connectivity index (χ1n) is 5.69. The van der Waals surface area contributed by atoms with Crippen LogP contribution < -0.4 is 5.32 Å². The Bertz CT molecular complexity index is 344. The highest BCUT2D eigenvalue weighted by molar-refractivity contribution is 9.11. The van der Waals surface area contributed by atoms with Gasteiger partial charge < -0.3 is 10.4 Å². The van der Waals surface area contributed by atoms with E-state index in [0.717, 1.165) is 34.6 Å². The van der Waals surface area contributed by atoms with Gasteiger partial charge in [0.2, 0.25) is 0 Å². The quantitative estimate of drug-likeness (QED) is 0.899. The minimum absolute atomic E-state index is 0.109. The van der Waals surface area contributed by atoms with Crippen molar-refractivity contribution < 1.29 is 5.11 Å². The smallest absolute Gasteiger partial charge is 0.110 e. The van der Waals surface area contributed by atoms with Crippen molar-refractivity contribution in [3.05, 3.63) is 15.0 Å². The summed E-state index contributed by atoms with van der Waals surface area (Å²) in [4.78, 5) is 4.33. The van der Waals surface area contributed by atoms with Crippen molar-refractivity contribution in [3.63, 3.8) is 0 Å². The molecule has 0 bridgehead atoms. The van der Waals surface area contributed by atoms with E-state index in [1.807, 2.05) is 6.20 Å². The lowest BCUT2D eigenvalue weighted by atomic mass is 10.1. The fourth-order valence-electron chi connectivity index (χ4n) is 2.14. The van der Waals surface area contributed by atoms with Gasteiger partial charge in [-0.25, -0.2) is 4.98 Å². The molecule has 1 aromatic rings. The van der Waals surface area contributed by atoms with Gasteiger partial charge in [0.05, 0.1) is 22.1 Å². The number of halogens is 1. The van der Waals surface area contributed by atoms with Crippen LogP contribution in [-0.4, -0.2) is 22.7 Å². The molecule has 3 nitrogen and oxygen atoms in total. The summed E-state index contributed by atoms with van der Waals surface area (Å²) >= 11 is 5.08. The third-order valence-corrected chi connectivity index (χ3v) is 4.83. The van der Waals surface area contributed by atoms with Crippen molar-refractivity contribution in [2.24, 2.45) is 5.92 Å². The zero-order valence-corrected chi connectivity index (χ0v) is 11.7. The van der Waals surface area contributed by atoms with E-state index in [0.29, 0.717) is 5.92 Å². The molecular weight excluding hydrogens is 288 g/mol. The number of aliphatic hydroxyl groups excluding tert-OH is 1. The molecule has 90 valence electrons. The van der Waals surface area contributed by atoms with Crippen LogP contribution in [0.2, 0.25) is 0 Å². The molecule has 16 heavy (non-hydrogen) atoms. The third-order valence-electron chi connectivity index (χ3n) is 3.17. The van der Waals surface area contributed by atoms with E-state index in [-0.39, 0.29) is 12.1 Å². The highest BCUT2D eigenvalue weighted by Gasteiger charge is 2.25. The number of aliphatic hydroxyl groups is 1. The normalized spacial score (nSPS) is 27.2. The molecule has 1 aliphatic carbocycles. The molecule has 0 spiro atoms. The van der Waals surface area contributed by atoms with Crippen LogP contribution in [0.3, 0.4) is 0 Å². The summed E-state index contributed by atoms with van der Waals surface area (Å²) in [6, 6.07) is 0.268. The molecule has 0 saturated heterocycles. The molecular formula is C11H17BrN2OS. The average molecular weight is 305 g/mol. The molecule has 3 atom stereocenters. The van der Waals surface area contributed by atoms with E-state index >= 15 is 0 Å². The number of hydrogen-bond acceptors (Lipinski definition) is 4. The summed E-state index contributed by atoms with van der Waals surface area (Å²) in [5, 5.41) is 14.3. The Balaban J connectivity index is 1.81. The summed E-state index contributed by atoms with van der Waals surface area (Å²) in [6.07, 6.45) is 4.99. The van der Waals surface area contributed by atoms with Crippen molar-refractivity contribution >= 4 is 27.3 Å². The summed E-state index contributed by atoms with van der Waals surface area (Å²) in [7, 11) is 0. The Morgan fingerprint density at radius 1 is 1.69 bits per heavy atom. The van der Waals surface area contributed by atoms with Gasteiger partial charge in [0.25, 0.3) is 0 Å². The van der Waals surface area contributed by atoms with Crippen LogP contribution in [0, 0.1) is 5.92 Å². The van der Waals surface area contributed by atoms with Crippen LogP contribution >= 0.6 is 27.3 Å². The first-order chi connectivity index (χ1) is 7.66. The van der Waals surface area contributed by atoms with Crippen molar-refractivity contribution in [2.45, 2.75) is 38.3 Å². The molecule has 2 N–H and O–H groups in total. The van der Waals surface area contributed by atoms with Gasteiger partial charge in [-0.2, -0.15) is 0 Å². The maximum atomic E-state index is 9.72. The SMILES string of the molecule is CC(NCC1CCCC1O)c1ncc(Br)s1. The molecule has 1 fully saturated rings. The fraction of sp³-hybridized carbons (Fsp3) is 0.727. The average Bonchev–Trinajstić information content (AvgIpc) is 2.84. The van der Waals surface area contributed by atoms with E-state index < -0.39 is 0 Å². The standard InChI is InChI=1S/C11H17BrN2OS/c1-7(11-14-6-10(12)16-11)13-5-8-3-2-4-9(8)15/h6-9,13,15H,2-5H2,1H3. The molecule has 1 aromatic heterocycles. The van der Waals surface area contributed by atoms with Crippen LogP contribution in [0.5, 0.6) is 0 Å². The van der Waals surface area contributed by atoms with Gasteiger partial charge in [0.1, 0.15) is 5.01 Å². The van der Waals surface area contributed by atoms with Crippen LogP contribution in [0.25, 0.3) is 0 Å². The molecule has 0 aromatic carbocycles. The van der Waals surface area contributed by atoms with Gasteiger partial charge in [-0.1, -0.05) is 6.42 Å². The number of nitrogens with zero attached hydrogens (tertiary/aromatic N) is 1. The largest absolute Gasteiger partial charge is 0.393 e. The molecule has 1 heterocycles. The molecule has 0 aliphatic heterocycles. The Morgan fingerprint density at radius 2 is 2.50 bits per heavy atom. The maximum absolute atomic E-state index is 9.72. The number of aromatic nitrogens is 1. The Labute approximate surface area is 108 Å². The highest BCUT2D eigenvalue weighted by Crippen LogP contribution is 2.27. The number of hydrogen-bond donors (Lipinski definition) is 2. The van der Waals surface area contributed by atoms with Crippen molar-refractivity contribution in [3.8, 4) is 0 Å². The van der Waals surface area contributed by atoms with Crippen molar-refractivity contribution in [1.29, 1.82) is 0 Å². The predicted octanol–water partition coefficient (Wildman–Crippen LogP) is 2.72. The Hall–Kier alpha value is 0.0300. The van der Waals surface area contributed by atoms with Gasteiger partial charge in [-0.3, -0.25) is 0 Å². The van der Waals surface area contributed by atoms with Gasteiger partial charge >= 0.3 is 0 Å². The third kappa shape index (κ3) is 3.03. The molecule has 5 heteroatoms. The first kappa shape index (κ1) is 12.5. The number of nitrogens with one attached hydrogen (secondary N) is 1. The second-order valence-corrected chi connectivity index (χ2v) is 6.83. The second kappa shape index (κ2) is 5.58. The Kier molecular flexibility index (Phi) is 4.35. The molecule has 2 rings (SSSR count). The lowest BCUT2D eigenvalue weighted by Crippen LogP contribution is -2.29. The summed E-state index contributed by atoms with van der Waals surface area (Å²) in [5.41, 5.74) is 0. The molecule has 1 saturated carbocycles. The highest BCUT2D eigenvalue weighted by atomic mass is 79.9. The van der Waals surface area contributed by atoms with E-state index in [4.69, 9.17) is 0 Å². The van der Waals surface area contributed by atoms with Gasteiger partial charge in [-0.15, -0.1) is 11.3 Å². The van der Waals surface area contributed by atoms with Crippen molar-refractivity contribution in [2.75, 3.05) is 6.54 Å².